The highest BCUT2D eigenvalue weighted by atomic mass is 35.5. The Morgan fingerprint density at radius 2 is 2.00 bits per heavy atom. The minimum absolute atomic E-state index is 0.563. The van der Waals surface area contributed by atoms with Gasteiger partial charge in [0.05, 0.1) is 0 Å². The quantitative estimate of drug-likeness (QED) is 0.563. The maximum atomic E-state index is 12.5. The third-order valence-corrected chi connectivity index (χ3v) is 2.09. The van der Waals surface area contributed by atoms with Gasteiger partial charge < -0.3 is 4.90 Å². The molecule has 1 nitrogen and oxygen atoms in total. The van der Waals surface area contributed by atoms with Crippen LogP contribution in [0.3, 0.4) is 0 Å². The molecule has 1 rings (SSSR count). The van der Waals surface area contributed by atoms with Gasteiger partial charge in [-0.2, -0.15) is 0 Å². The van der Waals surface area contributed by atoms with Crippen molar-refractivity contribution in [2.75, 3.05) is 25.5 Å². The fourth-order valence-corrected chi connectivity index (χ4v) is 1.48. The fraction of sp³-hybridized carbons (Fsp3) is 1.00. The number of hydrogen-bond donors (Lipinski definition) is 0. The van der Waals surface area contributed by atoms with Gasteiger partial charge in [0.15, 0.2) is 0 Å². The smallest absolute Gasteiger partial charge is 0.103 e. The predicted octanol–water partition coefficient (Wildman–Crippen LogP) is 1.66. The van der Waals surface area contributed by atoms with Crippen molar-refractivity contribution in [3.63, 3.8) is 0 Å². The van der Waals surface area contributed by atoms with Crippen LogP contribution >= 0.6 is 11.6 Å². The fourth-order valence-electron chi connectivity index (χ4n) is 1.24. The summed E-state index contributed by atoms with van der Waals surface area (Å²) >= 11 is 5.54. The second-order valence-corrected chi connectivity index (χ2v) is 3.08. The average Bonchev–Trinajstić information content (AvgIpc) is 1.95. The molecule has 1 fully saturated rings. The molecular formula is C7H13ClFN. The van der Waals surface area contributed by atoms with E-state index in [9.17, 15) is 4.39 Å². The van der Waals surface area contributed by atoms with Crippen molar-refractivity contribution < 1.29 is 4.39 Å². The molecule has 1 aliphatic heterocycles. The van der Waals surface area contributed by atoms with Crippen molar-refractivity contribution in [1.82, 2.24) is 4.90 Å². The molecule has 3 heteroatoms. The Hall–Kier alpha value is 0.180. The summed E-state index contributed by atoms with van der Waals surface area (Å²) in [4.78, 5) is 2.21. The van der Waals surface area contributed by atoms with Crippen LogP contribution in [0.4, 0.5) is 4.39 Å². The summed E-state index contributed by atoms with van der Waals surface area (Å²) in [7, 11) is 0. The van der Waals surface area contributed by atoms with Crippen LogP contribution in [0.1, 0.15) is 12.8 Å². The van der Waals surface area contributed by atoms with Crippen LogP contribution in [0.5, 0.6) is 0 Å². The minimum atomic E-state index is -0.563. The maximum absolute atomic E-state index is 12.5. The Balaban J connectivity index is 2.13. The molecule has 0 spiro atoms. The van der Waals surface area contributed by atoms with E-state index in [1.807, 2.05) is 0 Å². The van der Waals surface area contributed by atoms with E-state index < -0.39 is 6.17 Å². The third-order valence-electron chi connectivity index (χ3n) is 1.92. The molecule has 0 aromatic rings. The lowest BCUT2D eigenvalue weighted by molar-refractivity contribution is 0.157. The normalized spacial score (nSPS) is 23.4. The Kier molecular flexibility index (Phi) is 3.43. The summed E-state index contributed by atoms with van der Waals surface area (Å²) in [6.07, 6.45) is 0.819. The van der Waals surface area contributed by atoms with Crippen LogP contribution in [0.15, 0.2) is 0 Å². The van der Waals surface area contributed by atoms with E-state index in [-0.39, 0.29) is 0 Å². The summed E-state index contributed by atoms with van der Waals surface area (Å²) in [5, 5.41) is 0. The van der Waals surface area contributed by atoms with Crippen molar-refractivity contribution >= 4 is 11.6 Å². The van der Waals surface area contributed by atoms with Crippen LogP contribution in [-0.2, 0) is 0 Å². The second-order valence-electron chi connectivity index (χ2n) is 2.71. The van der Waals surface area contributed by atoms with E-state index in [4.69, 9.17) is 11.6 Å². The Bertz CT molecular complexity index is 91.6. The van der Waals surface area contributed by atoms with Crippen molar-refractivity contribution in [2.24, 2.45) is 0 Å². The van der Waals surface area contributed by atoms with Gasteiger partial charge in [0.25, 0.3) is 0 Å². The lowest BCUT2D eigenvalue weighted by Gasteiger charge is -2.27. The summed E-state index contributed by atoms with van der Waals surface area (Å²) in [6, 6.07) is 0. The first kappa shape index (κ1) is 8.28. The molecular weight excluding hydrogens is 153 g/mol. The summed E-state index contributed by atoms with van der Waals surface area (Å²) in [5.41, 5.74) is 0. The third kappa shape index (κ3) is 2.43. The Morgan fingerprint density at radius 3 is 2.50 bits per heavy atom. The molecule has 0 aromatic carbocycles. The highest BCUT2D eigenvalue weighted by Crippen LogP contribution is 2.12. The van der Waals surface area contributed by atoms with Gasteiger partial charge in [-0.25, -0.2) is 4.39 Å². The van der Waals surface area contributed by atoms with Gasteiger partial charge in [0, 0.05) is 25.5 Å². The summed E-state index contributed by atoms with van der Waals surface area (Å²) < 4.78 is 12.5. The molecule has 1 aliphatic rings. The van der Waals surface area contributed by atoms with Gasteiger partial charge >= 0.3 is 0 Å². The predicted molar refractivity (Wildman–Crippen MR) is 41.3 cm³/mol. The highest BCUT2D eigenvalue weighted by molar-refractivity contribution is 6.18. The molecule has 0 atom stereocenters. The van der Waals surface area contributed by atoms with E-state index in [0.29, 0.717) is 18.7 Å². The largest absolute Gasteiger partial charge is 0.302 e. The first-order chi connectivity index (χ1) is 4.83. The van der Waals surface area contributed by atoms with Crippen molar-refractivity contribution in [1.29, 1.82) is 0 Å². The molecule has 10 heavy (non-hydrogen) atoms. The SMILES string of the molecule is FC1CCN(CCCl)CC1. The van der Waals surface area contributed by atoms with Crippen LogP contribution in [0.2, 0.25) is 0 Å². The topological polar surface area (TPSA) is 3.24 Å². The van der Waals surface area contributed by atoms with Crippen molar-refractivity contribution in [2.45, 2.75) is 19.0 Å². The van der Waals surface area contributed by atoms with Crippen LogP contribution in [-0.4, -0.2) is 36.6 Å². The van der Waals surface area contributed by atoms with Crippen LogP contribution in [0, 0.1) is 0 Å². The van der Waals surface area contributed by atoms with E-state index in [1.54, 1.807) is 0 Å². The molecule has 60 valence electrons. The summed E-state index contributed by atoms with van der Waals surface area (Å²) in [6.45, 7) is 2.68. The monoisotopic (exact) mass is 165 g/mol. The number of alkyl halides is 2. The molecule has 0 aliphatic carbocycles. The molecule has 0 radical (unpaired) electrons. The number of piperidine rings is 1. The molecule has 0 amide bonds. The number of hydrogen-bond acceptors (Lipinski definition) is 1. The van der Waals surface area contributed by atoms with E-state index >= 15 is 0 Å². The van der Waals surface area contributed by atoms with Crippen LogP contribution < -0.4 is 0 Å². The first-order valence-corrected chi connectivity index (χ1v) is 4.29. The number of halogens is 2. The van der Waals surface area contributed by atoms with Gasteiger partial charge in [-0.1, -0.05) is 0 Å². The van der Waals surface area contributed by atoms with Gasteiger partial charge in [-0.3, -0.25) is 0 Å². The van der Waals surface area contributed by atoms with Gasteiger partial charge in [-0.15, -0.1) is 11.6 Å². The zero-order chi connectivity index (χ0) is 7.40. The van der Waals surface area contributed by atoms with Crippen LogP contribution in [0.25, 0.3) is 0 Å². The lowest BCUT2D eigenvalue weighted by Crippen LogP contribution is -2.35. The minimum Gasteiger partial charge on any atom is -0.302 e. The van der Waals surface area contributed by atoms with E-state index in [2.05, 4.69) is 4.90 Å². The van der Waals surface area contributed by atoms with Gasteiger partial charge in [0.1, 0.15) is 6.17 Å². The standard InChI is InChI=1S/C7H13ClFN/c8-3-6-10-4-1-7(9)2-5-10/h7H,1-6H2. The van der Waals surface area contributed by atoms with Crippen molar-refractivity contribution in [3.05, 3.63) is 0 Å². The van der Waals surface area contributed by atoms with E-state index in [0.717, 1.165) is 19.6 Å². The molecule has 0 saturated carbocycles. The summed E-state index contributed by atoms with van der Waals surface area (Å²) in [5.74, 6) is 0.664. The molecule has 0 aromatic heterocycles. The molecule has 1 heterocycles. The zero-order valence-corrected chi connectivity index (χ0v) is 6.78. The average molecular weight is 166 g/mol. The molecule has 0 bridgehead atoms. The molecule has 1 saturated heterocycles. The lowest BCUT2D eigenvalue weighted by atomic mass is 10.1. The Labute approximate surface area is 66.2 Å². The molecule has 0 unspecified atom stereocenters. The number of nitrogens with zero attached hydrogens (tertiary/aromatic N) is 1. The maximum Gasteiger partial charge on any atom is 0.103 e. The Morgan fingerprint density at radius 1 is 1.40 bits per heavy atom. The number of likely N-dealkylation sites (tertiary alicyclic amines) is 1. The number of rotatable bonds is 2. The highest BCUT2D eigenvalue weighted by Gasteiger charge is 2.16. The second kappa shape index (κ2) is 4.14. The van der Waals surface area contributed by atoms with Crippen molar-refractivity contribution in [3.8, 4) is 0 Å². The van der Waals surface area contributed by atoms with Gasteiger partial charge in [-0.05, 0) is 12.8 Å². The van der Waals surface area contributed by atoms with E-state index in [1.165, 1.54) is 0 Å². The molecule has 0 N–H and O–H groups in total. The van der Waals surface area contributed by atoms with Gasteiger partial charge in [0.2, 0.25) is 0 Å². The first-order valence-electron chi connectivity index (χ1n) is 3.75. The zero-order valence-electron chi connectivity index (χ0n) is 6.02.